The second-order valence-corrected chi connectivity index (χ2v) is 3.92. The number of hydrogen-bond acceptors (Lipinski definition) is 1. The van der Waals surface area contributed by atoms with Crippen molar-refractivity contribution in [3.63, 3.8) is 0 Å². The highest BCUT2D eigenvalue weighted by atomic mass is 16.2. The number of likely N-dealkylation sites (tertiary alicyclic amines) is 1. The van der Waals surface area contributed by atoms with E-state index < -0.39 is 0 Å². The zero-order chi connectivity index (χ0) is 9.14. The first-order valence-corrected chi connectivity index (χ1v) is 4.73. The van der Waals surface area contributed by atoms with Crippen LogP contribution in [0.2, 0.25) is 0 Å². The molecule has 1 amide bonds. The molecule has 12 heavy (non-hydrogen) atoms. The van der Waals surface area contributed by atoms with E-state index in [1.165, 1.54) is 0 Å². The zero-order valence-electron chi connectivity index (χ0n) is 8.05. The Morgan fingerprint density at radius 1 is 1.42 bits per heavy atom. The molecule has 0 aromatic heterocycles. The van der Waals surface area contributed by atoms with Crippen LogP contribution in [0.3, 0.4) is 0 Å². The van der Waals surface area contributed by atoms with Crippen molar-refractivity contribution in [1.29, 1.82) is 0 Å². The molecular formula is C10H18NO. The van der Waals surface area contributed by atoms with E-state index >= 15 is 0 Å². The molecule has 0 N–H and O–H groups in total. The predicted molar refractivity (Wildman–Crippen MR) is 49.5 cm³/mol. The average molecular weight is 168 g/mol. The van der Waals surface area contributed by atoms with Crippen LogP contribution < -0.4 is 0 Å². The van der Waals surface area contributed by atoms with E-state index in [-0.39, 0.29) is 5.92 Å². The molecule has 0 saturated carbocycles. The molecule has 2 nitrogen and oxygen atoms in total. The summed E-state index contributed by atoms with van der Waals surface area (Å²) in [5.41, 5.74) is 0. The van der Waals surface area contributed by atoms with Gasteiger partial charge in [-0.25, -0.2) is 0 Å². The summed E-state index contributed by atoms with van der Waals surface area (Å²) in [5.74, 6) is 0.995. The summed E-state index contributed by atoms with van der Waals surface area (Å²) < 4.78 is 0. The molecule has 0 aromatic carbocycles. The maximum atomic E-state index is 11.5. The van der Waals surface area contributed by atoms with E-state index in [2.05, 4.69) is 6.92 Å². The summed E-state index contributed by atoms with van der Waals surface area (Å²) in [6.45, 7) is 9.73. The molecule has 0 bridgehead atoms. The molecule has 0 aliphatic carbocycles. The topological polar surface area (TPSA) is 20.3 Å². The Balaban J connectivity index is 2.39. The maximum Gasteiger partial charge on any atom is 0.225 e. The fraction of sp³-hybridized carbons (Fsp3) is 0.800. The first-order chi connectivity index (χ1) is 5.61. The lowest BCUT2D eigenvalue weighted by molar-refractivity contribution is -0.135. The smallest absolute Gasteiger partial charge is 0.225 e. The molecule has 1 radical (unpaired) electrons. The van der Waals surface area contributed by atoms with Crippen molar-refractivity contribution in [2.75, 3.05) is 13.1 Å². The predicted octanol–water partition coefficient (Wildman–Crippen LogP) is 1.72. The van der Waals surface area contributed by atoms with Gasteiger partial charge in [-0.3, -0.25) is 4.79 Å². The normalized spacial score (nSPS) is 20.2. The van der Waals surface area contributed by atoms with E-state index in [9.17, 15) is 4.79 Å². The number of carbonyl (C=O) groups is 1. The molecule has 1 heterocycles. The first-order valence-electron chi connectivity index (χ1n) is 4.73. The lowest BCUT2D eigenvalue weighted by atomic mass is 9.98. The number of piperidine rings is 1. The summed E-state index contributed by atoms with van der Waals surface area (Å²) in [6, 6.07) is 0. The van der Waals surface area contributed by atoms with E-state index in [1.54, 1.807) is 0 Å². The largest absolute Gasteiger partial charge is 0.342 e. The monoisotopic (exact) mass is 168 g/mol. The minimum Gasteiger partial charge on any atom is -0.342 e. The van der Waals surface area contributed by atoms with Gasteiger partial charge in [0.15, 0.2) is 0 Å². The van der Waals surface area contributed by atoms with Crippen LogP contribution in [0.4, 0.5) is 0 Å². The van der Waals surface area contributed by atoms with Crippen molar-refractivity contribution < 1.29 is 4.79 Å². The second-order valence-electron chi connectivity index (χ2n) is 3.92. The Bertz CT molecular complexity index is 157. The van der Waals surface area contributed by atoms with Crippen molar-refractivity contribution in [2.45, 2.75) is 26.7 Å². The standard InChI is InChI=1S/C10H18NO/c1-8(2)10(12)11-6-4-9(3)5-7-11/h8-9H,3-7H2,1-2H3. The third-order valence-electron chi connectivity index (χ3n) is 2.42. The van der Waals surface area contributed by atoms with Crippen LogP contribution in [0.15, 0.2) is 0 Å². The molecule has 0 atom stereocenters. The molecule has 1 fully saturated rings. The van der Waals surface area contributed by atoms with Crippen molar-refractivity contribution in [3.05, 3.63) is 6.92 Å². The van der Waals surface area contributed by atoms with Crippen molar-refractivity contribution in [2.24, 2.45) is 11.8 Å². The van der Waals surface area contributed by atoms with E-state index in [0.29, 0.717) is 11.8 Å². The maximum absolute atomic E-state index is 11.5. The van der Waals surface area contributed by atoms with Gasteiger partial charge >= 0.3 is 0 Å². The molecule has 1 saturated heterocycles. The molecule has 69 valence electrons. The lowest BCUT2D eigenvalue weighted by Gasteiger charge is -2.31. The first kappa shape index (κ1) is 9.56. The summed E-state index contributed by atoms with van der Waals surface area (Å²) in [7, 11) is 0. The Hall–Kier alpha value is -0.530. The van der Waals surface area contributed by atoms with Crippen molar-refractivity contribution >= 4 is 5.91 Å². The Labute approximate surface area is 74.9 Å². The van der Waals surface area contributed by atoms with Gasteiger partial charge in [-0.1, -0.05) is 20.8 Å². The Morgan fingerprint density at radius 2 is 1.92 bits per heavy atom. The van der Waals surface area contributed by atoms with Crippen LogP contribution in [0.5, 0.6) is 0 Å². The van der Waals surface area contributed by atoms with Gasteiger partial charge in [0.05, 0.1) is 0 Å². The van der Waals surface area contributed by atoms with Crippen LogP contribution >= 0.6 is 0 Å². The number of rotatable bonds is 1. The van der Waals surface area contributed by atoms with E-state index in [4.69, 9.17) is 0 Å². The fourth-order valence-corrected chi connectivity index (χ4v) is 1.52. The molecule has 1 aliphatic heterocycles. The summed E-state index contributed by atoms with van der Waals surface area (Å²) in [4.78, 5) is 13.5. The molecule has 2 heteroatoms. The van der Waals surface area contributed by atoms with Crippen molar-refractivity contribution in [3.8, 4) is 0 Å². The summed E-state index contributed by atoms with van der Waals surface area (Å²) >= 11 is 0. The highest BCUT2D eigenvalue weighted by molar-refractivity contribution is 5.78. The number of hydrogen-bond donors (Lipinski definition) is 0. The molecule has 1 aliphatic rings. The van der Waals surface area contributed by atoms with Gasteiger partial charge in [-0.05, 0) is 18.8 Å². The third kappa shape index (κ3) is 2.23. The number of carbonyl (C=O) groups excluding carboxylic acids is 1. The number of amides is 1. The summed E-state index contributed by atoms with van der Waals surface area (Å²) in [5, 5.41) is 0. The van der Waals surface area contributed by atoms with Gasteiger partial charge in [0, 0.05) is 19.0 Å². The molecule has 0 spiro atoms. The van der Waals surface area contributed by atoms with E-state index in [1.807, 2.05) is 18.7 Å². The van der Waals surface area contributed by atoms with Gasteiger partial charge in [0.2, 0.25) is 5.91 Å². The van der Waals surface area contributed by atoms with Gasteiger partial charge in [0.1, 0.15) is 0 Å². The van der Waals surface area contributed by atoms with Crippen LogP contribution in [0.25, 0.3) is 0 Å². The molecule has 0 aromatic rings. The summed E-state index contributed by atoms with van der Waals surface area (Å²) in [6.07, 6.45) is 2.14. The number of nitrogens with zero attached hydrogens (tertiary/aromatic N) is 1. The molecular weight excluding hydrogens is 150 g/mol. The highest BCUT2D eigenvalue weighted by Crippen LogP contribution is 2.17. The van der Waals surface area contributed by atoms with Crippen LogP contribution in [-0.4, -0.2) is 23.9 Å². The van der Waals surface area contributed by atoms with Crippen LogP contribution in [-0.2, 0) is 4.79 Å². The minimum atomic E-state index is 0.145. The van der Waals surface area contributed by atoms with Crippen LogP contribution in [0.1, 0.15) is 26.7 Å². The third-order valence-corrected chi connectivity index (χ3v) is 2.42. The fourth-order valence-electron chi connectivity index (χ4n) is 1.52. The molecule has 1 rings (SSSR count). The van der Waals surface area contributed by atoms with Gasteiger partial charge in [0.25, 0.3) is 0 Å². The SMILES string of the molecule is [CH2]C1CCN(C(=O)C(C)C)CC1. The van der Waals surface area contributed by atoms with E-state index in [0.717, 1.165) is 25.9 Å². The Kier molecular flexibility index (Phi) is 3.12. The molecule has 0 unspecified atom stereocenters. The average Bonchev–Trinajstić information content (AvgIpc) is 2.04. The van der Waals surface area contributed by atoms with Gasteiger partial charge in [-0.15, -0.1) is 0 Å². The minimum absolute atomic E-state index is 0.145. The quantitative estimate of drug-likeness (QED) is 0.583. The second kappa shape index (κ2) is 3.92. The lowest BCUT2D eigenvalue weighted by Crippen LogP contribution is -2.40. The van der Waals surface area contributed by atoms with Crippen LogP contribution in [0, 0.1) is 18.8 Å². The highest BCUT2D eigenvalue weighted by Gasteiger charge is 2.21. The Morgan fingerprint density at radius 3 is 2.33 bits per heavy atom. The zero-order valence-corrected chi connectivity index (χ0v) is 8.05. The van der Waals surface area contributed by atoms with Gasteiger partial charge < -0.3 is 4.90 Å². The van der Waals surface area contributed by atoms with Crippen molar-refractivity contribution in [1.82, 2.24) is 4.90 Å². The van der Waals surface area contributed by atoms with Gasteiger partial charge in [-0.2, -0.15) is 0 Å².